The van der Waals surface area contributed by atoms with Crippen LogP contribution < -0.4 is 4.72 Å². The van der Waals surface area contributed by atoms with Crippen LogP contribution in [0.2, 0.25) is 0 Å². The van der Waals surface area contributed by atoms with Gasteiger partial charge in [-0.2, -0.15) is 0 Å². The van der Waals surface area contributed by atoms with E-state index in [1.165, 1.54) is 0 Å². The average Bonchev–Trinajstić information content (AvgIpc) is 2.20. The Hall–Kier alpha value is -0.170. The van der Waals surface area contributed by atoms with Crippen LogP contribution in [0.25, 0.3) is 0 Å². The highest BCUT2D eigenvalue weighted by molar-refractivity contribution is 7.88. The van der Waals surface area contributed by atoms with Crippen LogP contribution in [0, 0.1) is 0 Å². The highest BCUT2D eigenvalue weighted by atomic mass is 32.2. The van der Waals surface area contributed by atoms with Crippen LogP contribution in [-0.2, 0) is 14.8 Å². The SMILES string of the molecule is CCN(C)CCCOCCCNS(C)(=O)=O. The highest BCUT2D eigenvalue weighted by Gasteiger charge is 1.98. The Labute approximate surface area is 99.2 Å². The first-order chi connectivity index (χ1) is 7.45. The van der Waals surface area contributed by atoms with E-state index >= 15 is 0 Å². The van der Waals surface area contributed by atoms with Crippen molar-refractivity contribution in [1.82, 2.24) is 9.62 Å². The number of hydrogen-bond acceptors (Lipinski definition) is 4. The van der Waals surface area contributed by atoms with Crippen molar-refractivity contribution in [3.8, 4) is 0 Å². The summed E-state index contributed by atoms with van der Waals surface area (Å²) < 4.78 is 29.2. The molecule has 0 saturated carbocycles. The zero-order valence-electron chi connectivity index (χ0n) is 10.5. The second-order valence-corrected chi connectivity index (χ2v) is 5.71. The highest BCUT2D eigenvalue weighted by Crippen LogP contribution is 1.89. The minimum atomic E-state index is -3.05. The fourth-order valence-corrected chi connectivity index (χ4v) is 1.64. The van der Waals surface area contributed by atoms with Gasteiger partial charge >= 0.3 is 0 Å². The van der Waals surface area contributed by atoms with Gasteiger partial charge in [-0.1, -0.05) is 6.92 Å². The summed E-state index contributed by atoms with van der Waals surface area (Å²) in [4.78, 5) is 2.23. The average molecular weight is 252 g/mol. The molecule has 0 aliphatic heterocycles. The van der Waals surface area contributed by atoms with Crippen LogP contribution in [0.15, 0.2) is 0 Å². The van der Waals surface area contributed by atoms with Gasteiger partial charge in [0.1, 0.15) is 0 Å². The summed E-state index contributed by atoms with van der Waals surface area (Å²) in [7, 11) is -0.969. The first-order valence-electron chi connectivity index (χ1n) is 5.66. The zero-order chi connectivity index (χ0) is 12.4. The second-order valence-electron chi connectivity index (χ2n) is 3.88. The minimum Gasteiger partial charge on any atom is -0.381 e. The molecular weight excluding hydrogens is 228 g/mol. The molecule has 5 nitrogen and oxygen atoms in total. The van der Waals surface area contributed by atoms with Gasteiger partial charge in [0.05, 0.1) is 6.26 Å². The van der Waals surface area contributed by atoms with Gasteiger partial charge < -0.3 is 9.64 Å². The minimum absolute atomic E-state index is 0.452. The summed E-state index contributed by atoms with van der Waals surface area (Å²) in [5.74, 6) is 0. The van der Waals surface area contributed by atoms with Gasteiger partial charge in [-0.25, -0.2) is 13.1 Å². The van der Waals surface area contributed by atoms with Gasteiger partial charge in [-0.15, -0.1) is 0 Å². The number of nitrogens with zero attached hydrogens (tertiary/aromatic N) is 1. The summed E-state index contributed by atoms with van der Waals surface area (Å²) in [5.41, 5.74) is 0. The first-order valence-corrected chi connectivity index (χ1v) is 7.55. The summed E-state index contributed by atoms with van der Waals surface area (Å²) in [6, 6.07) is 0. The lowest BCUT2D eigenvalue weighted by atomic mass is 10.4. The topological polar surface area (TPSA) is 58.6 Å². The number of rotatable bonds is 10. The molecule has 0 aromatic carbocycles. The molecule has 0 aliphatic rings. The quantitative estimate of drug-likeness (QED) is 0.568. The molecule has 0 aliphatic carbocycles. The van der Waals surface area contributed by atoms with E-state index in [2.05, 4.69) is 23.6 Å². The lowest BCUT2D eigenvalue weighted by molar-refractivity contribution is 0.123. The molecule has 0 bridgehead atoms. The predicted octanol–water partition coefficient (Wildman–Crippen LogP) is 0.284. The molecule has 98 valence electrons. The van der Waals surface area contributed by atoms with Crippen molar-refractivity contribution in [2.45, 2.75) is 19.8 Å². The Morgan fingerprint density at radius 1 is 1.25 bits per heavy atom. The Morgan fingerprint density at radius 2 is 1.88 bits per heavy atom. The monoisotopic (exact) mass is 252 g/mol. The molecule has 0 aromatic heterocycles. The Balaban J connectivity index is 3.16. The maximum atomic E-state index is 10.7. The normalized spacial score (nSPS) is 12.2. The van der Waals surface area contributed by atoms with Crippen LogP contribution in [0.3, 0.4) is 0 Å². The molecule has 0 radical (unpaired) electrons. The molecule has 0 fully saturated rings. The third kappa shape index (κ3) is 11.9. The summed E-state index contributed by atoms with van der Waals surface area (Å²) in [6.45, 7) is 6.02. The van der Waals surface area contributed by atoms with Crippen molar-refractivity contribution in [1.29, 1.82) is 0 Å². The molecule has 0 rings (SSSR count). The van der Waals surface area contributed by atoms with Crippen molar-refractivity contribution < 1.29 is 13.2 Å². The number of sulfonamides is 1. The number of ether oxygens (including phenoxy) is 1. The van der Waals surface area contributed by atoms with Crippen LogP contribution in [0.4, 0.5) is 0 Å². The summed E-state index contributed by atoms with van der Waals surface area (Å²) in [6.07, 6.45) is 2.90. The van der Waals surface area contributed by atoms with Gasteiger partial charge in [0.25, 0.3) is 0 Å². The molecule has 0 aromatic rings. The van der Waals surface area contributed by atoms with Crippen molar-refractivity contribution in [2.75, 3.05) is 46.2 Å². The molecule has 0 heterocycles. The maximum Gasteiger partial charge on any atom is 0.208 e. The predicted molar refractivity (Wildman–Crippen MR) is 66.1 cm³/mol. The van der Waals surface area contributed by atoms with E-state index in [1.54, 1.807) is 0 Å². The van der Waals surface area contributed by atoms with Gasteiger partial charge in [0.15, 0.2) is 0 Å². The molecule has 1 N–H and O–H groups in total. The van der Waals surface area contributed by atoms with Crippen LogP contribution in [0.5, 0.6) is 0 Å². The maximum absolute atomic E-state index is 10.7. The summed E-state index contributed by atoms with van der Waals surface area (Å²) in [5, 5.41) is 0. The van der Waals surface area contributed by atoms with Crippen LogP contribution >= 0.6 is 0 Å². The molecular formula is C10H24N2O3S. The third-order valence-corrected chi connectivity index (χ3v) is 2.93. The van der Waals surface area contributed by atoms with E-state index in [9.17, 15) is 8.42 Å². The fraction of sp³-hybridized carbons (Fsp3) is 1.00. The molecule has 6 heteroatoms. The van der Waals surface area contributed by atoms with E-state index in [0.29, 0.717) is 13.2 Å². The lowest BCUT2D eigenvalue weighted by Crippen LogP contribution is -2.24. The Kier molecular flexibility index (Phi) is 8.83. The van der Waals surface area contributed by atoms with E-state index in [1.807, 2.05) is 0 Å². The molecule has 0 saturated heterocycles. The number of hydrogen-bond donors (Lipinski definition) is 1. The standard InChI is InChI=1S/C10H24N2O3S/c1-4-12(2)8-6-10-15-9-5-7-11-16(3,13)14/h11H,4-10H2,1-3H3. The van der Waals surface area contributed by atoms with Gasteiger partial charge in [0.2, 0.25) is 10.0 Å². The first kappa shape index (κ1) is 15.8. The molecule has 0 atom stereocenters. The van der Waals surface area contributed by atoms with Crippen molar-refractivity contribution in [2.24, 2.45) is 0 Å². The third-order valence-electron chi connectivity index (χ3n) is 2.20. The smallest absolute Gasteiger partial charge is 0.208 e. The van der Waals surface area contributed by atoms with Gasteiger partial charge in [0, 0.05) is 26.3 Å². The lowest BCUT2D eigenvalue weighted by Gasteiger charge is -2.13. The second kappa shape index (κ2) is 8.92. The van der Waals surface area contributed by atoms with E-state index in [4.69, 9.17) is 4.74 Å². The number of nitrogens with one attached hydrogen (secondary N) is 1. The van der Waals surface area contributed by atoms with Gasteiger partial charge in [-0.3, -0.25) is 0 Å². The Morgan fingerprint density at radius 3 is 2.44 bits per heavy atom. The molecule has 0 amide bonds. The van der Waals surface area contributed by atoms with Crippen LogP contribution in [-0.4, -0.2) is 59.5 Å². The molecule has 0 unspecified atom stereocenters. The van der Waals surface area contributed by atoms with Gasteiger partial charge in [-0.05, 0) is 26.4 Å². The molecule has 16 heavy (non-hydrogen) atoms. The van der Waals surface area contributed by atoms with E-state index in [-0.39, 0.29) is 0 Å². The van der Waals surface area contributed by atoms with Crippen molar-refractivity contribution in [3.05, 3.63) is 0 Å². The van der Waals surface area contributed by atoms with Crippen LogP contribution in [0.1, 0.15) is 19.8 Å². The zero-order valence-corrected chi connectivity index (χ0v) is 11.3. The van der Waals surface area contributed by atoms with E-state index < -0.39 is 10.0 Å². The van der Waals surface area contributed by atoms with Crippen molar-refractivity contribution >= 4 is 10.0 Å². The Bertz CT molecular complexity index is 255. The van der Waals surface area contributed by atoms with E-state index in [0.717, 1.165) is 38.8 Å². The molecule has 0 spiro atoms. The fourth-order valence-electron chi connectivity index (χ4n) is 1.13. The van der Waals surface area contributed by atoms with Crippen molar-refractivity contribution in [3.63, 3.8) is 0 Å². The largest absolute Gasteiger partial charge is 0.381 e. The summed E-state index contributed by atoms with van der Waals surface area (Å²) >= 11 is 0.